The van der Waals surface area contributed by atoms with E-state index in [9.17, 15) is 4.79 Å². The Kier molecular flexibility index (Phi) is 5.58. The average Bonchev–Trinajstić information content (AvgIpc) is 2.81. The molecule has 116 valence electrons. The number of aryl methyl sites for hydroxylation is 1. The molecule has 1 saturated carbocycles. The highest BCUT2D eigenvalue weighted by Gasteiger charge is 2.22. The van der Waals surface area contributed by atoms with Gasteiger partial charge in [0.05, 0.1) is 12.1 Å². The zero-order valence-electron chi connectivity index (χ0n) is 12.7. The van der Waals surface area contributed by atoms with Crippen molar-refractivity contribution in [3.8, 4) is 0 Å². The molecule has 1 aliphatic carbocycles. The molecule has 0 bridgehead atoms. The second kappa shape index (κ2) is 7.22. The molecule has 0 radical (unpaired) electrons. The van der Waals surface area contributed by atoms with Crippen molar-refractivity contribution < 1.29 is 9.53 Å². The highest BCUT2D eigenvalue weighted by molar-refractivity contribution is 7.80. The second-order valence-electron chi connectivity index (χ2n) is 5.58. The Morgan fingerprint density at radius 3 is 2.81 bits per heavy atom. The van der Waals surface area contributed by atoms with E-state index in [0.29, 0.717) is 21.9 Å². The summed E-state index contributed by atoms with van der Waals surface area (Å²) in [6.07, 6.45) is 4.99. The van der Waals surface area contributed by atoms with Crippen molar-refractivity contribution in [2.75, 3.05) is 12.4 Å². The van der Waals surface area contributed by atoms with Crippen molar-refractivity contribution in [1.82, 2.24) is 5.32 Å². The molecule has 2 N–H and O–H groups in total. The predicted octanol–water partition coefficient (Wildman–Crippen LogP) is 3.71. The Balaban J connectivity index is 1.95. The summed E-state index contributed by atoms with van der Waals surface area (Å²) in [7, 11) is 1.39. The zero-order chi connectivity index (χ0) is 15.4. The monoisotopic (exact) mass is 326 g/mol. The molecule has 1 fully saturated rings. The summed E-state index contributed by atoms with van der Waals surface area (Å²) in [5, 5.41) is 8.08. The number of hydrogen-bond acceptors (Lipinski definition) is 4. The average molecular weight is 326 g/mol. The highest BCUT2D eigenvalue weighted by atomic mass is 32.1. The van der Waals surface area contributed by atoms with Gasteiger partial charge in [-0.15, -0.1) is 11.3 Å². The van der Waals surface area contributed by atoms with E-state index in [2.05, 4.69) is 17.6 Å². The first-order valence-electron chi connectivity index (χ1n) is 7.27. The third-order valence-electron chi connectivity index (χ3n) is 3.95. The summed E-state index contributed by atoms with van der Waals surface area (Å²) >= 11 is 6.75. The van der Waals surface area contributed by atoms with Crippen molar-refractivity contribution in [2.45, 2.75) is 45.6 Å². The lowest BCUT2D eigenvalue weighted by Gasteiger charge is -2.30. The minimum absolute atomic E-state index is 0.301. The van der Waals surface area contributed by atoms with Crippen LogP contribution in [-0.2, 0) is 4.74 Å². The van der Waals surface area contributed by atoms with E-state index >= 15 is 0 Å². The zero-order valence-corrected chi connectivity index (χ0v) is 14.3. The predicted molar refractivity (Wildman–Crippen MR) is 91.2 cm³/mol. The third-order valence-corrected chi connectivity index (χ3v) is 5.31. The summed E-state index contributed by atoms with van der Waals surface area (Å²) in [6.45, 7) is 4.16. The van der Waals surface area contributed by atoms with Crippen molar-refractivity contribution >= 4 is 39.6 Å². The largest absolute Gasteiger partial charge is 0.465 e. The molecule has 0 spiro atoms. The first kappa shape index (κ1) is 16.2. The number of thiophene rings is 1. The van der Waals surface area contributed by atoms with Crippen LogP contribution in [0.5, 0.6) is 0 Å². The number of carbonyl (C=O) groups excluding carboxylic acids is 1. The van der Waals surface area contributed by atoms with Gasteiger partial charge in [0.1, 0.15) is 4.88 Å². The van der Waals surface area contributed by atoms with Crippen LogP contribution >= 0.6 is 23.6 Å². The SMILES string of the molecule is COC(=O)c1sc(NC(=S)N[C@H]2CCCC[C@@H]2C)cc1C. The lowest BCUT2D eigenvalue weighted by Crippen LogP contribution is -2.42. The smallest absolute Gasteiger partial charge is 0.348 e. The summed E-state index contributed by atoms with van der Waals surface area (Å²) in [6, 6.07) is 2.37. The maximum Gasteiger partial charge on any atom is 0.348 e. The highest BCUT2D eigenvalue weighted by Crippen LogP contribution is 2.28. The van der Waals surface area contributed by atoms with E-state index in [-0.39, 0.29) is 5.97 Å². The Bertz CT molecular complexity index is 528. The van der Waals surface area contributed by atoms with Crippen LogP contribution < -0.4 is 10.6 Å². The maximum absolute atomic E-state index is 11.6. The van der Waals surface area contributed by atoms with E-state index < -0.39 is 0 Å². The Labute approximate surface area is 135 Å². The molecule has 0 unspecified atom stereocenters. The summed E-state index contributed by atoms with van der Waals surface area (Å²) < 4.78 is 4.77. The second-order valence-corrected chi connectivity index (χ2v) is 7.04. The molecule has 1 heterocycles. The van der Waals surface area contributed by atoms with Crippen LogP contribution in [0.25, 0.3) is 0 Å². The molecule has 0 aromatic carbocycles. The number of nitrogens with one attached hydrogen (secondary N) is 2. The number of rotatable bonds is 3. The van der Waals surface area contributed by atoms with Gasteiger partial charge in [0.2, 0.25) is 0 Å². The van der Waals surface area contributed by atoms with Gasteiger partial charge >= 0.3 is 5.97 Å². The van der Waals surface area contributed by atoms with Crippen LogP contribution in [0.15, 0.2) is 6.07 Å². The molecule has 21 heavy (non-hydrogen) atoms. The van der Waals surface area contributed by atoms with Crippen LogP contribution in [0, 0.1) is 12.8 Å². The molecule has 6 heteroatoms. The number of methoxy groups -OCH3 is 1. The van der Waals surface area contributed by atoms with Crippen molar-refractivity contribution in [3.05, 3.63) is 16.5 Å². The molecule has 2 atom stereocenters. The number of ether oxygens (including phenoxy) is 1. The van der Waals surface area contributed by atoms with Crippen LogP contribution in [-0.4, -0.2) is 24.2 Å². The van der Waals surface area contributed by atoms with Gasteiger partial charge in [0.15, 0.2) is 5.11 Å². The summed E-state index contributed by atoms with van der Waals surface area (Å²) in [5.74, 6) is 0.347. The lowest BCUT2D eigenvalue weighted by atomic mass is 9.86. The minimum Gasteiger partial charge on any atom is -0.465 e. The fourth-order valence-electron chi connectivity index (χ4n) is 2.69. The summed E-state index contributed by atoms with van der Waals surface area (Å²) in [5.41, 5.74) is 0.906. The lowest BCUT2D eigenvalue weighted by molar-refractivity contribution is 0.0605. The molecule has 1 aromatic rings. The maximum atomic E-state index is 11.6. The fourth-order valence-corrected chi connectivity index (χ4v) is 4.01. The van der Waals surface area contributed by atoms with E-state index in [1.165, 1.54) is 44.1 Å². The summed E-state index contributed by atoms with van der Waals surface area (Å²) in [4.78, 5) is 12.2. The molecular formula is C15H22N2O2S2. The molecule has 1 aliphatic rings. The number of carbonyl (C=O) groups is 1. The number of esters is 1. The topological polar surface area (TPSA) is 50.4 Å². The van der Waals surface area contributed by atoms with E-state index in [1.807, 2.05) is 13.0 Å². The van der Waals surface area contributed by atoms with Gasteiger partial charge in [-0.1, -0.05) is 19.8 Å². The number of thiocarbonyl (C=S) groups is 1. The van der Waals surface area contributed by atoms with Gasteiger partial charge in [0.25, 0.3) is 0 Å². The fraction of sp³-hybridized carbons (Fsp3) is 0.600. The number of anilines is 1. The molecule has 0 saturated heterocycles. The molecular weight excluding hydrogens is 304 g/mol. The van der Waals surface area contributed by atoms with E-state index in [4.69, 9.17) is 17.0 Å². The first-order chi connectivity index (χ1) is 10.0. The van der Waals surface area contributed by atoms with Crippen molar-refractivity contribution in [3.63, 3.8) is 0 Å². The minimum atomic E-state index is -0.301. The normalized spacial score (nSPS) is 21.7. The molecule has 1 aromatic heterocycles. The van der Waals surface area contributed by atoms with Gasteiger partial charge in [0, 0.05) is 6.04 Å². The van der Waals surface area contributed by atoms with Gasteiger partial charge < -0.3 is 15.4 Å². The molecule has 4 nitrogen and oxygen atoms in total. The van der Waals surface area contributed by atoms with Gasteiger partial charge in [-0.05, 0) is 49.5 Å². The van der Waals surface area contributed by atoms with Crippen LogP contribution in [0.2, 0.25) is 0 Å². The van der Waals surface area contributed by atoms with E-state index in [0.717, 1.165) is 10.6 Å². The van der Waals surface area contributed by atoms with Crippen LogP contribution in [0.3, 0.4) is 0 Å². The van der Waals surface area contributed by atoms with Gasteiger partial charge in [-0.25, -0.2) is 4.79 Å². The molecule has 2 rings (SSSR count). The Morgan fingerprint density at radius 2 is 2.14 bits per heavy atom. The quantitative estimate of drug-likeness (QED) is 0.655. The number of hydrogen-bond donors (Lipinski definition) is 2. The van der Waals surface area contributed by atoms with Crippen LogP contribution in [0.1, 0.15) is 47.8 Å². The Hall–Kier alpha value is -1.14. The van der Waals surface area contributed by atoms with Crippen molar-refractivity contribution in [2.24, 2.45) is 5.92 Å². The third kappa shape index (κ3) is 4.17. The van der Waals surface area contributed by atoms with Crippen molar-refractivity contribution in [1.29, 1.82) is 0 Å². The van der Waals surface area contributed by atoms with Crippen LogP contribution in [0.4, 0.5) is 5.00 Å². The van der Waals surface area contributed by atoms with E-state index in [1.54, 1.807) is 0 Å². The van der Waals surface area contributed by atoms with Gasteiger partial charge in [-0.3, -0.25) is 0 Å². The first-order valence-corrected chi connectivity index (χ1v) is 8.50. The Morgan fingerprint density at radius 1 is 1.43 bits per heavy atom. The standard InChI is InChI=1S/C15H22N2O2S2/c1-9-6-4-5-7-11(9)16-15(20)17-12-8-10(2)13(21-12)14(18)19-3/h8-9,11H,4-7H2,1-3H3,(H2,16,17,20)/t9-,11-/m0/s1. The molecule has 0 amide bonds. The molecule has 0 aliphatic heterocycles. The van der Waals surface area contributed by atoms with Gasteiger partial charge in [-0.2, -0.15) is 0 Å².